The summed E-state index contributed by atoms with van der Waals surface area (Å²) < 4.78 is 52.3. The highest BCUT2D eigenvalue weighted by molar-refractivity contribution is 6.40. The van der Waals surface area contributed by atoms with E-state index in [-0.39, 0.29) is 30.7 Å². The first-order valence-corrected chi connectivity index (χ1v) is 9.01. The van der Waals surface area contributed by atoms with E-state index in [1.165, 1.54) is 47.5 Å². The predicted octanol–water partition coefficient (Wildman–Crippen LogP) is 2.62. The Morgan fingerprint density at radius 3 is 2.43 bits per heavy atom. The normalized spacial score (nSPS) is 16.3. The number of hydrazone groups is 1. The van der Waals surface area contributed by atoms with Crippen LogP contribution < -0.4 is 16.1 Å². The van der Waals surface area contributed by atoms with Crippen LogP contribution in [-0.4, -0.2) is 30.1 Å². The molecular formula is C20H18F4N4O2. The summed E-state index contributed by atoms with van der Waals surface area (Å²) in [5.41, 5.74) is 5.07. The van der Waals surface area contributed by atoms with Gasteiger partial charge in [0.15, 0.2) is 0 Å². The Kier molecular flexibility index (Phi) is 6.04. The molecule has 0 radical (unpaired) electrons. The van der Waals surface area contributed by atoms with Crippen molar-refractivity contribution in [1.82, 2.24) is 5.32 Å². The van der Waals surface area contributed by atoms with Crippen LogP contribution in [0.3, 0.4) is 0 Å². The number of alkyl halides is 3. The molecule has 0 fully saturated rings. The molecule has 1 atom stereocenters. The number of nitrogens with two attached hydrogens (primary N) is 1. The number of halogens is 4. The summed E-state index contributed by atoms with van der Waals surface area (Å²) in [6.45, 7) is -0.0528. The van der Waals surface area contributed by atoms with Gasteiger partial charge in [-0.2, -0.15) is 18.3 Å². The SMILES string of the molecule is NC(=O)C1CC(C(=O)NCCc2ccccc2C(F)(F)F)=NN1c1ccc(F)cc1. The van der Waals surface area contributed by atoms with Gasteiger partial charge in [0.25, 0.3) is 5.91 Å². The second-order valence-electron chi connectivity index (χ2n) is 6.65. The van der Waals surface area contributed by atoms with Crippen LogP contribution in [0.15, 0.2) is 53.6 Å². The molecule has 2 aromatic carbocycles. The molecule has 3 rings (SSSR count). The van der Waals surface area contributed by atoms with Crippen LogP contribution in [0.2, 0.25) is 0 Å². The molecule has 1 heterocycles. The van der Waals surface area contributed by atoms with Gasteiger partial charge in [0, 0.05) is 13.0 Å². The third kappa shape index (κ3) is 4.76. The first-order valence-electron chi connectivity index (χ1n) is 9.01. The van der Waals surface area contributed by atoms with Gasteiger partial charge in [0.1, 0.15) is 17.6 Å². The van der Waals surface area contributed by atoms with E-state index in [4.69, 9.17) is 5.73 Å². The molecule has 10 heteroatoms. The van der Waals surface area contributed by atoms with E-state index in [9.17, 15) is 27.2 Å². The van der Waals surface area contributed by atoms with Crippen molar-refractivity contribution in [3.05, 3.63) is 65.5 Å². The standard InChI is InChI=1S/C20H18F4N4O2/c21-13-5-7-14(8-6-13)28-17(18(25)29)11-16(27-28)19(30)26-10-9-12-3-1-2-4-15(12)20(22,23)24/h1-8,17H,9-11H2,(H2,25,29)(H,26,30). The van der Waals surface area contributed by atoms with E-state index in [0.717, 1.165) is 6.07 Å². The van der Waals surface area contributed by atoms with Crippen LogP contribution in [0.1, 0.15) is 17.5 Å². The minimum atomic E-state index is -4.49. The minimum Gasteiger partial charge on any atom is -0.368 e. The largest absolute Gasteiger partial charge is 0.416 e. The minimum absolute atomic E-state index is 0.00670. The van der Waals surface area contributed by atoms with Gasteiger partial charge in [-0.1, -0.05) is 18.2 Å². The topological polar surface area (TPSA) is 87.8 Å². The van der Waals surface area contributed by atoms with Crippen molar-refractivity contribution in [2.24, 2.45) is 10.8 Å². The number of amides is 2. The lowest BCUT2D eigenvalue weighted by Crippen LogP contribution is -2.40. The number of hydrogen-bond donors (Lipinski definition) is 2. The molecule has 6 nitrogen and oxygen atoms in total. The van der Waals surface area contributed by atoms with Crippen LogP contribution in [0.25, 0.3) is 0 Å². The van der Waals surface area contributed by atoms with Gasteiger partial charge in [-0.05, 0) is 42.3 Å². The molecule has 3 N–H and O–H groups in total. The Labute approximate surface area is 169 Å². The Morgan fingerprint density at radius 2 is 1.80 bits per heavy atom. The molecule has 0 aliphatic carbocycles. The van der Waals surface area contributed by atoms with Gasteiger partial charge >= 0.3 is 6.18 Å². The number of rotatable bonds is 6. The second-order valence-corrected chi connectivity index (χ2v) is 6.65. The lowest BCUT2D eigenvalue weighted by atomic mass is 10.0. The zero-order valence-electron chi connectivity index (χ0n) is 15.6. The molecule has 30 heavy (non-hydrogen) atoms. The van der Waals surface area contributed by atoms with Crippen molar-refractivity contribution in [3.63, 3.8) is 0 Å². The third-order valence-electron chi connectivity index (χ3n) is 4.59. The van der Waals surface area contributed by atoms with Crippen molar-refractivity contribution >= 4 is 23.2 Å². The number of anilines is 1. The first kappa shape index (κ1) is 21.3. The molecular weight excluding hydrogens is 404 g/mol. The lowest BCUT2D eigenvalue weighted by molar-refractivity contribution is -0.138. The third-order valence-corrected chi connectivity index (χ3v) is 4.59. The summed E-state index contributed by atoms with van der Waals surface area (Å²) in [5, 5.41) is 7.86. The molecule has 2 amide bonds. The maximum atomic E-state index is 13.1. The van der Waals surface area contributed by atoms with E-state index in [0.29, 0.717) is 5.69 Å². The summed E-state index contributed by atoms with van der Waals surface area (Å²) in [6.07, 6.45) is -4.59. The molecule has 158 valence electrons. The molecule has 2 aromatic rings. The first-order chi connectivity index (χ1) is 14.2. The Hall–Kier alpha value is -3.43. The van der Waals surface area contributed by atoms with Crippen LogP contribution in [-0.2, 0) is 22.2 Å². The van der Waals surface area contributed by atoms with Gasteiger partial charge < -0.3 is 11.1 Å². The number of nitrogens with zero attached hydrogens (tertiary/aromatic N) is 2. The zero-order chi connectivity index (χ0) is 21.9. The predicted molar refractivity (Wildman–Crippen MR) is 102 cm³/mol. The maximum absolute atomic E-state index is 13.1. The number of carbonyl (C=O) groups is 2. The van der Waals surface area contributed by atoms with Crippen molar-refractivity contribution in [1.29, 1.82) is 0 Å². The number of primary amides is 1. The van der Waals surface area contributed by atoms with Crippen molar-refractivity contribution < 1.29 is 27.2 Å². The Balaban J connectivity index is 1.68. The van der Waals surface area contributed by atoms with Crippen molar-refractivity contribution in [3.8, 4) is 0 Å². The monoisotopic (exact) mass is 422 g/mol. The average Bonchev–Trinajstić information content (AvgIpc) is 3.14. The highest BCUT2D eigenvalue weighted by Gasteiger charge is 2.35. The summed E-state index contributed by atoms with van der Waals surface area (Å²) in [7, 11) is 0. The quantitative estimate of drug-likeness (QED) is 0.702. The fraction of sp³-hybridized carbons (Fsp3) is 0.250. The zero-order valence-corrected chi connectivity index (χ0v) is 15.6. The lowest BCUT2D eigenvalue weighted by Gasteiger charge is -2.20. The number of hydrogen-bond acceptors (Lipinski definition) is 4. The summed E-state index contributed by atoms with van der Waals surface area (Å²) in [5.74, 6) is -1.81. The number of benzene rings is 2. The highest BCUT2D eigenvalue weighted by atomic mass is 19.4. The summed E-state index contributed by atoms with van der Waals surface area (Å²) in [4.78, 5) is 24.2. The maximum Gasteiger partial charge on any atom is 0.416 e. The van der Waals surface area contributed by atoms with Gasteiger partial charge in [-0.25, -0.2) is 4.39 Å². The molecule has 0 spiro atoms. The molecule has 0 saturated carbocycles. The fourth-order valence-electron chi connectivity index (χ4n) is 3.13. The number of carbonyl (C=O) groups excluding carboxylic acids is 2. The second kappa shape index (κ2) is 8.52. The van der Waals surface area contributed by atoms with Gasteiger partial charge in [0.2, 0.25) is 5.91 Å². The molecule has 1 unspecified atom stereocenters. The van der Waals surface area contributed by atoms with Crippen LogP contribution >= 0.6 is 0 Å². The van der Waals surface area contributed by atoms with Crippen LogP contribution in [0, 0.1) is 5.82 Å². The molecule has 0 aromatic heterocycles. The van der Waals surface area contributed by atoms with Crippen LogP contribution in [0.5, 0.6) is 0 Å². The molecule has 1 aliphatic rings. The number of nitrogens with one attached hydrogen (secondary N) is 1. The summed E-state index contributed by atoms with van der Waals surface area (Å²) in [6, 6.07) is 9.34. The summed E-state index contributed by atoms with van der Waals surface area (Å²) >= 11 is 0. The van der Waals surface area contributed by atoms with Gasteiger partial charge in [-0.3, -0.25) is 14.6 Å². The van der Waals surface area contributed by atoms with E-state index >= 15 is 0 Å². The Morgan fingerprint density at radius 1 is 1.13 bits per heavy atom. The molecule has 1 aliphatic heterocycles. The fourth-order valence-corrected chi connectivity index (χ4v) is 3.13. The van der Waals surface area contributed by atoms with E-state index in [1.54, 1.807) is 0 Å². The van der Waals surface area contributed by atoms with Gasteiger partial charge in [-0.15, -0.1) is 0 Å². The van der Waals surface area contributed by atoms with Gasteiger partial charge in [0.05, 0.1) is 11.3 Å². The molecule has 0 bridgehead atoms. The highest BCUT2D eigenvalue weighted by Crippen LogP contribution is 2.32. The van der Waals surface area contributed by atoms with E-state index in [2.05, 4.69) is 10.4 Å². The van der Waals surface area contributed by atoms with E-state index in [1.807, 2.05) is 0 Å². The Bertz CT molecular complexity index is 974. The van der Waals surface area contributed by atoms with Crippen LogP contribution in [0.4, 0.5) is 23.2 Å². The molecule has 0 saturated heterocycles. The van der Waals surface area contributed by atoms with Crippen molar-refractivity contribution in [2.45, 2.75) is 25.1 Å². The average molecular weight is 422 g/mol. The van der Waals surface area contributed by atoms with E-state index < -0.39 is 35.4 Å². The smallest absolute Gasteiger partial charge is 0.368 e. The van der Waals surface area contributed by atoms with Crippen molar-refractivity contribution in [2.75, 3.05) is 11.6 Å².